The molecule has 0 heterocycles. The number of hydrogen-bond donors (Lipinski definition) is 0. The zero-order chi connectivity index (χ0) is 10.2. The summed E-state index contributed by atoms with van der Waals surface area (Å²) in [5.74, 6) is 0.828. The van der Waals surface area contributed by atoms with Gasteiger partial charge < -0.3 is 9.42 Å². The average molecular weight is 264 g/mol. The molecule has 0 aromatic rings. The molecule has 0 saturated carbocycles. The molecule has 0 rings (SSSR count). The molecule has 0 radical (unpaired) electrons. The second-order valence-electron chi connectivity index (χ2n) is 2.82. The van der Waals surface area contributed by atoms with E-state index in [0.29, 0.717) is 6.61 Å². The third-order valence-corrected chi connectivity index (χ3v) is 5.93. The zero-order valence-electron chi connectivity index (χ0n) is 9.32. The van der Waals surface area contributed by atoms with Gasteiger partial charge in [0.15, 0.2) is 0 Å². The van der Waals surface area contributed by atoms with Crippen molar-refractivity contribution in [1.29, 1.82) is 0 Å². The van der Waals surface area contributed by atoms with Crippen molar-refractivity contribution in [1.82, 2.24) is 0 Å². The van der Waals surface area contributed by atoms with Gasteiger partial charge >= 0.3 is 29.6 Å². The summed E-state index contributed by atoms with van der Waals surface area (Å²) in [6.45, 7) is 4.71. The molecule has 0 N–H and O–H groups in total. The first kappa shape index (κ1) is 18.3. The Morgan fingerprint density at radius 3 is 2.43 bits per heavy atom. The van der Waals surface area contributed by atoms with E-state index in [1.807, 2.05) is 6.92 Å². The normalized spacial score (nSPS) is 14.5. The van der Waals surface area contributed by atoms with Crippen molar-refractivity contribution < 1.29 is 39.0 Å². The molecule has 0 spiro atoms. The number of rotatable bonds is 8. The van der Waals surface area contributed by atoms with Crippen LogP contribution in [0.5, 0.6) is 0 Å². The van der Waals surface area contributed by atoms with Gasteiger partial charge in [0.25, 0.3) is 0 Å². The molecule has 0 aliphatic rings. The molecule has 0 aromatic carbocycles. The predicted molar refractivity (Wildman–Crippen MR) is 62.5 cm³/mol. The van der Waals surface area contributed by atoms with E-state index in [-0.39, 0.29) is 29.6 Å². The quantitative estimate of drug-likeness (QED) is 0.349. The molecule has 80 valence electrons. The van der Waals surface area contributed by atoms with Gasteiger partial charge in [0.1, 0.15) is 0 Å². The molecule has 6 heteroatoms. The second-order valence-corrected chi connectivity index (χ2v) is 8.99. The standard InChI is InChI=1S/C8H19O2PS2.Na/c1-3-5-6-7-10-11(9,12)13-8-4-2;/h3-8H2,1-2H3,(H,9,12);/q;+1/p-1. The maximum Gasteiger partial charge on any atom is 1.00 e. The van der Waals surface area contributed by atoms with Crippen molar-refractivity contribution in [3.8, 4) is 0 Å². The fourth-order valence-electron chi connectivity index (χ4n) is 0.769. The second kappa shape index (κ2) is 11.4. The van der Waals surface area contributed by atoms with Crippen LogP contribution in [0.3, 0.4) is 0 Å². The SMILES string of the molecule is CCCCCOP([O-])(=S)SCCC.[Na+]. The van der Waals surface area contributed by atoms with E-state index < -0.39 is 5.69 Å². The minimum absolute atomic E-state index is 0. The third-order valence-electron chi connectivity index (χ3n) is 1.45. The van der Waals surface area contributed by atoms with Crippen LogP contribution >= 0.6 is 17.1 Å². The van der Waals surface area contributed by atoms with Crippen molar-refractivity contribution in [2.24, 2.45) is 0 Å². The van der Waals surface area contributed by atoms with E-state index in [1.165, 1.54) is 11.4 Å². The molecule has 1 unspecified atom stereocenters. The molecule has 0 fully saturated rings. The van der Waals surface area contributed by atoms with E-state index in [9.17, 15) is 4.89 Å². The Morgan fingerprint density at radius 1 is 1.29 bits per heavy atom. The van der Waals surface area contributed by atoms with Crippen molar-refractivity contribution in [3.05, 3.63) is 0 Å². The summed E-state index contributed by atoms with van der Waals surface area (Å²) < 4.78 is 5.17. The van der Waals surface area contributed by atoms with Gasteiger partial charge in [-0.1, -0.05) is 38.5 Å². The van der Waals surface area contributed by atoms with Crippen molar-refractivity contribution in [2.45, 2.75) is 39.5 Å². The van der Waals surface area contributed by atoms with Crippen LogP contribution in [0.15, 0.2) is 0 Å². The summed E-state index contributed by atoms with van der Waals surface area (Å²) >= 11 is 6.14. The molecule has 0 saturated heterocycles. The summed E-state index contributed by atoms with van der Waals surface area (Å²) in [6, 6.07) is 0. The van der Waals surface area contributed by atoms with Crippen LogP contribution in [0.4, 0.5) is 0 Å². The molecular formula is C8H18NaO2PS2. The van der Waals surface area contributed by atoms with Crippen LogP contribution in [0.25, 0.3) is 0 Å². The van der Waals surface area contributed by atoms with Crippen LogP contribution in [-0.4, -0.2) is 12.4 Å². The van der Waals surface area contributed by atoms with Gasteiger partial charge in [-0.25, -0.2) is 0 Å². The smallest absolute Gasteiger partial charge is 0.793 e. The first-order valence-electron chi connectivity index (χ1n) is 4.72. The van der Waals surface area contributed by atoms with Crippen LogP contribution in [0, 0.1) is 0 Å². The van der Waals surface area contributed by atoms with Gasteiger partial charge in [-0.2, -0.15) is 0 Å². The average Bonchev–Trinajstić information content (AvgIpc) is 2.09. The molecule has 14 heavy (non-hydrogen) atoms. The molecular weight excluding hydrogens is 246 g/mol. The van der Waals surface area contributed by atoms with Crippen LogP contribution in [0.1, 0.15) is 39.5 Å². The Bertz CT molecular complexity index is 169. The molecule has 0 aromatic heterocycles. The Hall–Kier alpha value is 1.92. The first-order chi connectivity index (χ1) is 6.12. The maximum absolute atomic E-state index is 11.5. The summed E-state index contributed by atoms with van der Waals surface area (Å²) in [4.78, 5) is 11.5. The maximum atomic E-state index is 11.5. The van der Waals surface area contributed by atoms with E-state index in [1.54, 1.807) is 0 Å². The minimum atomic E-state index is -2.75. The van der Waals surface area contributed by atoms with Gasteiger partial charge in [-0.15, -0.1) is 11.4 Å². The minimum Gasteiger partial charge on any atom is -0.793 e. The summed E-state index contributed by atoms with van der Waals surface area (Å²) in [6.07, 6.45) is 4.22. The topological polar surface area (TPSA) is 32.3 Å². The molecule has 0 aliphatic heterocycles. The van der Waals surface area contributed by atoms with Gasteiger partial charge in [-0.05, 0) is 18.6 Å². The Labute approximate surface area is 119 Å². The van der Waals surface area contributed by atoms with E-state index >= 15 is 0 Å². The largest absolute Gasteiger partial charge is 1.00 e. The fourth-order valence-corrected chi connectivity index (χ4v) is 4.16. The van der Waals surface area contributed by atoms with Crippen LogP contribution < -0.4 is 34.5 Å². The molecule has 0 bridgehead atoms. The van der Waals surface area contributed by atoms with Crippen molar-refractivity contribution in [2.75, 3.05) is 12.4 Å². The zero-order valence-corrected chi connectivity index (χ0v) is 13.9. The molecule has 0 aliphatic carbocycles. The van der Waals surface area contributed by atoms with E-state index in [0.717, 1.165) is 31.4 Å². The first-order valence-corrected chi connectivity index (χ1v) is 8.95. The summed E-state index contributed by atoms with van der Waals surface area (Å²) in [5, 5.41) is 0. The predicted octanol–water partition coefficient (Wildman–Crippen LogP) is -0.0748. The fraction of sp³-hybridized carbons (Fsp3) is 1.00. The molecule has 0 amide bonds. The monoisotopic (exact) mass is 264 g/mol. The summed E-state index contributed by atoms with van der Waals surface area (Å²) in [7, 11) is 0. The van der Waals surface area contributed by atoms with Crippen LogP contribution in [0.2, 0.25) is 0 Å². The Balaban J connectivity index is 0. The Morgan fingerprint density at radius 2 is 1.93 bits per heavy atom. The summed E-state index contributed by atoms with van der Waals surface area (Å²) in [5.41, 5.74) is -2.75. The van der Waals surface area contributed by atoms with Gasteiger partial charge in [-0.3, -0.25) is 0 Å². The van der Waals surface area contributed by atoms with E-state index in [2.05, 4.69) is 6.92 Å². The van der Waals surface area contributed by atoms with Crippen molar-refractivity contribution in [3.63, 3.8) is 0 Å². The van der Waals surface area contributed by atoms with E-state index in [4.69, 9.17) is 16.3 Å². The van der Waals surface area contributed by atoms with Gasteiger partial charge in [0.05, 0.1) is 6.61 Å². The Kier molecular flexibility index (Phi) is 14.9. The van der Waals surface area contributed by atoms with Gasteiger partial charge in [0, 0.05) is 5.69 Å². The third kappa shape index (κ3) is 12.0. The van der Waals surface area contributed by atoms with Crippen molar-refractivity contribution >= 4 is 28.9 Å². The molecule has 1 atom stereocenters. The van der Waals surface area contributed by atoms with Gasteiger partial charge in [0.2, 0.25) is 0 Å². The van der Waals surface area contributed by atoms with Crippen LogP contribution in [-0.2, 0) is 16.3 Å². The number of hydrogen-bond acceptors (Lipinski definition) is 4. The number of unbranched alkanes of at least 4 members (excludes halogenated alkanes) is 2. The molecule has 2 nitrogen and oxygen atoms in total.